The number of rotatable bonds is 3. The minimum Gasteiger partial charge on any atom is -0.307 e. The first-order valence-corrected chi connectivity index (χ1v) is 5.16. The van der Waals surface area contributed by atoms with Crippen molar-refractivity contribution in [1.82, 2.24) is 19.7 Å². The molecule has 0 saturated carbocycles. The van der Waals surface area contributed by atoms with E-state index in [4.69, 9.17) is 4.89 Å². The summed E-state index contributed by atoms with van der Waals surface area (Å²) in [5, 5.41) is 0. The maximum Gasteiger partial charge on any atom is 0.563 e. The Bertz CT molecular complexity index is 527. The van der Waals surface area contributed by atoms with Crippen LogP contribution in [0.4, 0.5) is 0 Å². The van der Waals surface area contributed by atoms with Gasteiger partial charge in [-0.1, -0.05) is 0 Å². The van der Waals surface area contributed by atoms with Crippen LogP contribution in [0.25, 0.3) is 11.2 Å². The van der Waals surface area contributed by atoms with E-state index in [1.54, 1.807) is 0 Å². The minimum absolute atomic E-state index is 0.233. The van der Waals surface area contributed by atoms with Crippen molar-refractivity contribution in [3.05, 3.63) is 18.9 Å². The van der Waals surface area contributed by atoms with Gasteiger partial charge in [-0.25, -0.2) is 25.4 Å². The van der Waals surface area contributed by atoms with E-state index in [1.165, 1.54) is 12.5 Å². The number of nitrogens with zero attached hydrogens (tertiary/aromatic N) is 4. The van der Waals surface area contributed by atoms with Crippen molar-refractivity contribution < 1.29 is 18.7 Å². The molecule has 0 aliphatic rings. The van der Waals surface area contributed by atoms with Gasteiger partial charge in [0.25, 0.3) is 0 Å². The van der Waals surface area contributed by atoms with Gasteiger partial charge in [0.2, 0.25) is 0 Å². The molecular weight excluding hydrogens is 225 g/mol. The Hall–Kier alpha value is -1.54. The first kappa shape index (κ1) is 9.99. The van der Waals surface area contributed by atoms with Crippen molar-refractivity contribution in [1.29, 1.82) is 0 Å². The van der Waals surface area contributed by atoms with Gasteiger partial charge in [0.1, 0.15) is 18.2 Å². The van der Waals surface area contributed by atoms with Crippen LogP contribution >= 0.6 is 7.82 Å². The number of phosphoric acid groups is 1. The highest BCUT2D eigenvalue weighted by molar-refractivity contribution is 7.47. The van der Waals surface area contributed by atoms with Gasteiger partial charge in [-0.15, -0.1) is 4.73 Å². The zero-order valence-electron chi connectivity index (χ0n) is 7.22. The fourth-order valence-electron chi connectivity index (χ4n) is 0.936. The normalized spacial score (nSPS) is 15.1. The molecule has 0 spiro atoms. The van der Waals surface area contributed by atoms with Gasteiger partial charge in [-0.3, -0.25) is 4.89 Å². The van der Waals surface area contributed by atoms with Crippen LogP contribution in [-0.4, -0.2) is 24.6 Å². The molecule has 0 amide bonds. The first-order chi connectivity index (χ1) is 7.12. The Labute approximate surface area is 83.0 Å². The summed E-state index contributed by atoms with van der Waals surface area (Å²) >= 11 is 0. The molecule has 0 saturated heterocycles. The average molecular weight is 231 g/mol. The monoisotopic (exact) mass is 231 g/mol. The van der Waals surface area contributed by atoms with Crippen LogP contribution in [0.15, 0.2) is 18.9 Å². The van der Waals surface area contributed by atoms with Crippen LogP contribution in [0.2, 0.25) is 0 Å². The maximum atomic E-state index is 11.0. The molecule has 0 fully saturated rings. The lowest BCUT2D eigenvalue weighted by Crippen LogP contribution is -2.12. The van der Waals surface area contributed by atoms with Crippen molar-refractivity contribution in [3.8, 4) is 0 Å². The molecule has 2 aromatic rings. The predicted octanol–water partition coefficient (Wildman–Crippen LogP) is -0.754. The van der Waals surface area contributed by atoms with Crippen LogP contribution < -0.4 is 10.5 Å². The molecule has 2 rings (SSSR count). The SMILES string of the molecule is NOP(=O)(O)On1cnc2cncnc21. The molecule has 1 atom stereocenters. The molecule has 10 heteroatoms. The van der Waals surface area contributed by atoms with E-state index in [0.29, 0.717) is 5.52 Å². The molecule has 0 aromatic carbocycles. The molecule has 2 heterocycles. The van der Waals surface area contributed by atoms with E-state index in [2.05, 4.69) is 30.1 Å². The van der Waals surface area contributed by atoms with Crippen LogP contribution in [0, 0.1) is 0 Å². The van der Waals surface area contributed by atoms with Gasteiger partial charge in [0.05, 0.1) is 6.20 Å². The zero-order valence-corrected chi connectivity index (χ0v) is 8.11. The topological polar surface area (TPSA) is 125 Å². The van der Waals surface area contributed by atoms with Gasteiger partial charge in [-0.2, -0.15) is 4.62 Å². The minimum atomic E-state index is -4.33. The third kappa shape index (κ3) is 1.95. The zero-order chi connectivity index (χ0) is 10.9. The quantitative estimate of drug-likeness (QED) is 0.521. The third-order valence-corrected chi connectivity index (χ3v) is 2.16. The van der Waals surface area contributed by atoms with Crippen molar-refractivity contribution >= 4 is 19.0 Å². The van der Waals surface area contributed by atoms with Crippen LogP contribution in [0.5, 0.6) is 0 Å². The summed E-state index contributed by atoms with van der Waals surface area (Å²) in [5.41, 5.74) is 0.644. The Morgan fingerprint density at radius 1 is 1.53 bits per heavy atom. The Kier molecular flexibility index (Phi) is 2.37. The van der Waals surface area contributed by atoms with Crippen LogP contribution in [0.1, 0.15) is 0 Å². The van der Waals surface area contributed by atoms with E-state index >= 15 is 0 Å². The van der Waals surface area contributed by atoms with Gasteiger partial charge < -0.3 is 4.62 Å². The van der Waals surface area contributed by atoms with Crippen molar-refractivity contribution in [2.45, 2.75) is 0 Å². The molecular formula is C5H6N5O4P. The van der Waals surface area contributed by atoms with Gasteiger partial charge in [0, 0.05) is 0 Å². The Balaban J connectivity index is 2.41. The number of hydrogen-bond donors (Lipinski definition) is 2. The highest BCUT2D eigenvalue weighted by Gasteiger charge is 2.23. The number of nitrogens with two attached hydrogens (primary N) is 1. The molecule has 9 nitrogen and oxygen atoms in total. The highest BCUT2D eigenvalue weighted by Crippen LogP contribution is 2.37. The molecule has 0 aliphatic carbocycles. The number of hydrogen-bond acceptors (Lipinski definition) is 7. The van der Waals surface area contributed by atoms with Crippen molar-refractivity contribution in [2.24, 2.45) is 5.90 Å². The van der Waals surface area contributed by atoms with Gasteiger partial charge in [-0.05, 0) is 0 Å². The lowest BCUT2D eigenvalue weighted by atomic mass is 10.6. The lowest BCUT2D eigenvalue weighted by molar-refractivity contribution is 0.142. The van der Waals surface area contributed by atoms with E-state index in [0.717, 1.165) is 11.1 Å². The number of imidazole rings is 1. The molecule has 0 radical (unpaired) electrons. The molecule has 2 aromatic heterocycles. The largest absolute Gasteiger partial charge is 0.563 e. The second-order valence-corrected chi connectivity index (χ2v) is 3.77. The van der Waals surface area contributed by atoms with Gasteiger partial charge >= 0.3 is 7.82 Å². The number of fused-ring (bicyclic) bond motifs is 1. The summed E-state index contributed by atoms with van der Waals surface area (Å²) in [5.74, 6) is 4.56. The van der Waals surface area contributed by atoms with Crippen LogP contribution in [0.3, 0.4) is 0 Å². The summed E-state index contributed by atoms with van der Waals surface area (Å²) in [7, 11) is -4.33. The molecule has 3 N–H and O–H groups in total. The summed E-state index contributed by atoms with van der Waals surface area (Å²) in [6.07, 6.45) is 3.82. The third-order valence-electron chi connectivity index (χ3n) is 1.51. The Morgan fingerprint density at radius 2 is 2.33 bits per heavy atom. The maximum absolute atomic E-state index is 11.0. The second-order valence-electron chi connectivity index (χ2n) is 2.46. The van der Waals surface area contributed by atoms with Gasteiger partial charge in [0.15, 0.2) is 5.65 Å². The molecule has 80 valence electrons. The van der Waals surface area contributed by atoms with E-state index in [9.17, 15) is 4.57 Å². The predicted molar refractivity (Wildman–Crippen MR) is 47.0 cm³/mol. The fourth-order valence-corrected chi connectivity index (χ4v) is 1.32. The molecule has 0 bridgehead atoms. The first-order valence-electron chi connectivity index (χ1n) is 3.67. The molecule has 1 unspecified atom stereocenters. The second kappa shape index (κ2) is 3.55. The molecule has 0 aliphatic heterocycles. The lowest BCUT2D eigenvalue weighted by Gasteiger charge is -2.08. The average Bonchev–Trinajstić information content (AvgIpc) is 2.62. The fraction of sp³-hybridized carbons (Fsp3) is 0. The summed E-state index contributed by atoms with van der Waals surface area (Å²) in [4.78, 5) is 20.3. The Morgan fingerprint density at radius 3 is 3.07 bits per heavy atom. The molecule has 15 heavy (non-hydrogen) atoms. The smallest absolute Gasteiger partial charge is 0.307 e. The summed E-state index contributed by atoms with van der Waals surface area (Å²) in [6, 6.07) is 0. The van der Waals surface area contributed by atoms with E-state index in [1.807, 2.05) is 0 Å². The standard InChI is InChI=1S/C5H6N5O4P/c6-13-15(11,12)14-10-3-9-4-1-7-2-8-5(4)10/h1-3H,6H2,(H,11,12). The summed E-state index contributed by atoms with van der Waals surface area (Å²) < 4.78 is 20.2. The van der Waals surface area contributed by atoms with Crippen LogP contribution in [-0.2, 0) is 9.19 Å². The van der Waals surface area contributed by atoms with Crippen molar-refractivity contribution in [3.63, 3.8) is 0 Å². The summed E-state index contributed by atoms with van der Waals surface area (Å²) in [6.45, 7) is 0. The number of aromatic nitrogens is 4. The van der Waals surface area contributed by atoms with E-state index < -0.39 is 7.82 Å². The van der Waals surface area contributed by atoms with Crippen molar-refractivity contribution in [2.75, 3.05) is 0 Å². The van der Waals surface area contributed by atoms with E-state index in [-0.39, 0.29) is 5.65 Å². The highest BCUT2D eigenvalue weighted by atomic mass is 31.2.